The predicted molar refractivity (Wildman–Crippen MR) is 118 cm³/mol. The van der Waals surface area contributed by atoms with E-state index in [0.717, 1.165) is 28.5 Å². The predicted octanol–water partition coefficient (Wildman–Crippen LogP) is 5.01. The van der Waals surface area contributed by atoms with Crippen LogP contribution < -0.4 is 5.32 Å². The van der Waals surface area contributed by atoms with Crippen molar-refractivity contribution in [2.75, 3.05) is 18.4 Å². The third-order valence-electron chi connectivity index (χ3n) is 5.16. The molecule has 8 heteroatoms. The number of hydrogen-bond acceptors (Lipinski definition) is 4. The van der Waals surface area contributed by atoms with Gasteiger partial charge < -0.3 is 9.73 Å². The largest absolute Gasteiger partial charge is 0.456 e. The van der Waals surface area contributed by atoms with Gasteiger partial charge in [-0.1, -0.05) is 32.0 Å². The first kappa shape index (κ1) is 21.0. The van der Waals surface area contributed by atoms with Crippen molar-refractivity contribution in [3.05, 3.63) is 72.0 Å². The third-order valence-corrected chi connectivity index (χ3v) is 7.21. The lowest BCUT2D eigenvalue weighted by Gasteiger charge is -2.19. The Labute approximate surface area is 179 Å². The first-order valence-electron chi connectivity index (χ1n) is 9.87. The van der Waals surface area contributed by atoms with Crippen LogP contribution in [0.2, 0.25) is 0 Å². The van der Waals surface area contributed by atoms with E-state index in [0.29, 0.717) is 11.3 Å². The maximum absolute atomic E-state index is 14.4. The van der Waals surface area contributed by atoms with Gasteiger partial charge in [0.1, 0.15) is 17.0 Å². The van der Waals surface area contributed by atoms with E-state index in [1.54, 1.807) is 32.0 Å². The molecule has 0 bridgehead atoms. The van der Waals surface area contributed by atoms with Crippen LogP contribution in [0.25, 0.3) is 21.9 Å². The van der Waals surface area contributed by atoms with Gasteiger partial charge in [-0.25, -0.2) is 12.8 Å². The number of benzene rings is 3. The molecule has 31 heavy (non-hydrogen) atoms. The van der Waals surface area contributed by atoms with Crippen LogP contribution in [0.4, 0.5) is 10.1 Å². The summed E-state index contributed by atoms with van der Waals surface area (Å²) in [6.45, 7) is 3.98. The Morgan fingerprint density at radius 2 is 1.68 bits per heavy atom. The Morgan fingerprint density at radius 1 is 0.968 bits per heavy atom. The average Bonchev–Trinajstić information content (AvgIpc) is 3.12. The fourth-order valence-corrected chi connectivity index (χ4v) is 5.04. The normalized spacial score (nSPS) is 12.0. The van der Waals surface area contributed by atoms with Gasteiger partial charge in [-0.05, 0) is 42.5 Å². The van der Waals surface area contributed by atoms with Crippen LogP contribution in [-0.4, -0.2) is 31.7 Å². The molecule has 4 aromatic rings. The minimum atomic E-state index is -3.82. The number of amides is 1. The summed E-state index contributed by atoms with van der Waals surface area (Å²) in [5.74, 6) is -1.54. The van der Waals surface area contributed by atoms with E-state index in [-0.39, 0.29) is 23.5 Å². The van der Waals surface area contributed by atoms with E-state index in [2.05, 4.69) is 5.32 Å². The van der Waals surface area contributed by atoms with Crippen LogP contribution in [-0.2, 0) is 10.0 Å². The number of nitrogens with zero attached hydrogens (tertiary/aromatic N) is 1. The standard InChI is InChI=1S/C23H21FN2O4S/c1-3-26(4-2)31(28,29)16-10-11-20(24)19(14-16)23(27)25-15-9-12-22-18(13-15)17-7-5-6-8-21(17)30-22/h5-14H,3-4H2,1-2H3,(H,25,27). The van der Waals surface area contributed by atoms with Crippen LogP contribution in [0.1, 0.15) is 24.2 Å². The fourth-order valence-electron chi connectivity index (χ4n) is 3.55. The average molecular weight is 440 g/mol. The van der Waals surface area contributed by atoms with E-state index < -0.39 is 21.7 Å². The number of carbonyl (C=O) groups is 1. The van der Waals surface area contributed by atoms with Gasteiger partial charge in [-0.15, -0.1) is 0 Å². The summed E-state index contributed by atoms with van der Waals surface area (Å²) < 4.78 is 46.9. The molecule has 1 N–H and O–H groups in total. The van der Waals surface area contributed by atoms with Gasteiger partial charge in [-0.2, -0.15) is 4.31 Å². The molecule has 6 nitrogen and oxygen atoms in total. The molecule has 4 rings (SSSR count). The molecule has 0 saturated heterocycles. The molecule has 0 aliphatic carbocycles. The summed E-state index contributed by atoms with van der Waals surface area (Å²) >= 11 is 0. The number of halogens is 1. The zero-order valence-electron chi connectivity index (χ0n) is 17.1. The zero-order chi connectivity index (χ0) is 22.2. The van der Waals surface area contributed by atoms with Crippen LogP contribution in [0.5, 0.6) is 0 Å². The summed E-state index contributed by atoms with van der Waals surface area (Å²) in [7, 11) is -3.82. The highest BCUT2D eigenvalue weighted by atomic mass is 32.2. The summed E-state index contributed by atoms with van der Waals surface area (Å²) in [6.07, 6.45) is 0. The van der Waals surface area contributed by atoms with Crippen molar-refractivity contribution in [3.63, 3.8) is 0 Å². The van der Waals surface area contributed by atoms with Crippen molar-refractivity contribution in [1.82, 2.24) is 4.31 Å². The quantitative estimate of drug-likeness (QED) is 0.457. The number of nitrogens with one attached hydrogen (secondary N) is 1. The topological polar surface area (TPSA) is 79.6 Å². The first-order valence-corrected chi connectivity index (χ1v) is 11.3. The summed E-state index contributed by atoms with van der Waals surface area (Å²) in [6, 6.07) is 15.9. The Bertz CT molecular complexity index is 1390. The molecular formula is C23H21FN2O4S. The monoisotopic (exact) mass is 440 g/mol. The first-order chi connectivity index (χ1) is 14.8. The Balaban J connectivity index is 1.68. The van der Waals surface area contributed by atoms with Crippen LogP contribution in [0.3, 0.4) is 0 Å². The van der Waals surface area contributed by atoms with E-state index in [1.165, 1.54) is 10.4 Å². The molecule has 1 amide bonds. The number of anilines is 1. The van der Waals surface area contributed by atoms with E-state index in [4.69, 9.17) is 4.42 Å². The van der Waals surface area contributed by atoms with Crippen molar-refractivity contribution < 1.29 is 22.0 Å². The van der Waals surface area contributed by atoms with Crippen LogP contribution >= 0.6 is 0 Å². The minimum absolute atomic E-state index is 0.126. The Hall–Kier alpha value is -3.23. The molecule has 0 spiro atoms. The molecule has 1 heterocycles. The van der Waals surface area contributed by atoms with Crippen LogP contribution in [0.15, 0.2) is 70.0 Å². The van der Waals surface area contributed by atoms with E-state index in [1.807, 2.05) is 24.3 Å². The zero-order valence-corrected chi connectivity index (χ0v) is 17.9. The molecule has 1 aromatic heterocycles. The molecule has 0 aliphatic rings. The lowest BCUT2D eigenvalue weighted by molar-refractivity contribution is 0.102. The molecule has 160 valence electrons. The van der Waals surface area contributed by atoms with Gasteiger partial charge in [-0.3, -0.25) is 4.79 Å². The van der Waals surface area contributed by atoms with E-state index in [9.17, 15) is 17.6 Å². The Morgan fingerprint density at radius 3 is 2.42 bits per heavy atom. The number of hydrogen-bond donors (Lipinski definition) is 1. The van der Waals surface area contributed by atoms with Crippen LogP contribution in [0, 0.1) is 5.82 Å². The number of sulfonamides is 1. The van der Waals surface area contributed by atoms with Crippen molar-refractivity contribution in [3.8, 4) is 0 Å². The Kier molecular flexibility index (Phi) is 5.51. The highest BCUT2D eigenvalue weighted by Crippen LogP contribution is 2.30. The molecule has 0 saturated carbocycles. The molecule has 0 radical (unpaired) electrons. The van der Waals surface area contributed by atoms with Gasteiger partial charge in [0.25, 0.3) is 5.91 Å². The van der Waals surface area contributed by atoms with Crippen molar-refractivity contribution in [1.29, 1.82) is 0 Å². The molecular weight excluding hydrogens is 419 g/mol. The molecule has 3 aromatic carbocycles. The summed E-state index contributed by atoms with van der Waals surface area (Å²) in [5.41, 5.74) is 1.49. The fraction of sp³-hybridized carbons (Fsp3) is 0.174. The number of rotatable bonds is 6. The number of fused-ring (bicyclic) bond motifs is 3. The maximum atomic E-state index is 14.4. The van der Waals surface area contributed by atoms with E-state index >= 15 is 0 Å². The van der Waals surface area contributed by atoms with Gasteiger partial charge >= 0.3 is 0 Å². The molecule has 0 unspecified atom stereocenters. The second-order valence-electron chi connectivity index (χ2n) is 6.99. The SMILES string of the molecule is CCN(CC)S(=O)(=O)c1ccc(F)c(C(=O)Nc2ccc3oc4ccccc4c3c2)c1. The van der Waals surface area contributed by atoms with Crippen molar-refractivity contribution >= 4 is 43.6 Å². The third kappa shape index (κ3) is 3.80. The number of furan rings is 1. The minimum Gasteiger partial charge on any atom is -0.456 e. The lowest BCUT2D eigenvalue weighted by atomic mass is 10.1. The molecule has 0 fully saturated rings. The maximum Gasteiger partial charge on any atom is 0.258 e. The highest BCUT2D eigenvalue weighted by molar-refractivity contribution is 7.89. The highest BCUT2D eigenvalue weighted by Gasteiger charge is 2.24. The lowest BCUT2D eigenvalue weighted by Crippen LogP contribution is -2.31. The summed E-state index contributed by atoms with van der Waals surface area (Å²) in [4.78, 5) is 12.7. The molecule has 0 aliphatic heterocycles. The second kappa shape index (κ2) is 8.13. The smallest absolute Gasteiger partial charge is 0.258 e. The molecule has 0 atom stereocenters. The number of para-hydroxylation sites is 1. The van der Waals surface area contributed by atoms with Crippen molar-refractivity contribution in [2.45, 2.75) is 18.7 Å². The summed E-state index contributed by atoms with van der Waals surface area (Å²) in [5, 5.41) is 4.36. The van der Waals surface area contributed by atoms with Gasteiger partial charge in [0.05, 0.1) is 10.5 Å². The van der Waals surface area contributed by atoms with Gasteiger partial charge in [0.2, 0.25) is 10.0 Å². The van der Waals surface area contributed by atoms with Gasteiger partial charge in [0.15, 0.2) is 0 Å². The number of carbonyl (C=O) groups excluding carboxylic acids is 1. The van der Waals surface area contributed by atoms with Crippen molar-refractivity contribution in [2.24, 2.45) is 0 Å². The second-order valence-corrected chi connectivity index (χ2v) is 8.93. The van der Waals surface area contributed by atoms with Gasteiger partial charge in [0, 0.05) is 29.5 Å².